The highest BCUT2D eigenvalue weighted by Crippen LogP contribution is 2.30. The van der Waals surface area contributed by atoms with Gasteiger partial charge in [0.05, 0.1) is 34.0 Å². The Kier molecular flexibility index (Phi) is 8.91. The summed E-state index contributed by atoms with van der Waals surface area (Å²) in [6, 6.07) is 16.1. The molecular weight excluding hydrogens is 477 g/mol. The van der Waals surface area contributed by atoms with E-state index in [0.29, 0.717) is 58.1 Å². The fraction of sp³-hybridized carbons (Fsp3) is 0.269. The van der Waals surface area contributed by atoms with Crippen molar-refractivity contribution in [1.29, 1.82) is 0 Å². The van der Waals surface area contributed by atoms with Gasteiger partial charge in [0.25, 0.3) is 5.91 Å². The van der Waals surface area contributed by atoms with Crippen molar-refractivity contribution in [3.8, 4) is 23.0 Å². The predicted molar refractivity (Wildman–Crippen MR) is 134 cm³/mol. The van der Waals surface area contributed by atoms with Crippen LogP contribution in [0.4, 0.5) is 0 Å². The molecule has 3 aromatic carbocycles. The van der Waals surface area contributed by atoms with E-state index in [-0.39, 0.29) is 5.91 Å². The van der Waals surface area contributed by atoms with Crippen molar-refractivity contribution < 1.29 is 23.7 Å². The van der Waals surface area contributed by atoms with Gasteiger partial charge in [0, 0.05) is 29.2 Å². The Bertz CT molecular complexity index is 1150. The number of hydrogen-bond acceptors (Lipinski definition) is 5. The average molecular weight is 504 g/mol. The molecule has 3 aromatic rings. The minimum absolute atomic E-state index is 0.181. The van der Waals surface area contributed by atoms with E-state index in [2.05, 4.69) is 0 Å². The zero-order valence-electron chi connectivity index (χ0n) is 19.6. The van der Waals surface area contributed by atoms with E-state index in [9.17, 15) is 4.79 Å². The van der Waals surface area contributed by atoms with Crippen molar-refractivity contribution in [2.24, 2.45) is 0 Å². The van der Waals surface area contributed by atoms with Gasteiger partial charge in [-0.1, -0.05) is 35.3 Å². The van der Waals surface area contributed by atoms with Gasteiger partial charge in [-0.2, -0.15) is 0 Å². The molecular formula is C26H27Cl2NO5. The molecule has 0 atom stereocenters. The van der Waals surface area contributed by atoms with Gasteiger partial charge in [-0.05, 0) is 53.9 Å². The zero-order valence-corrected chi connectivity index (χ0v) is 21.1. The third-order valence-corrected chi connectivity index (χ3v) is 6.00. The first-order valence-electron chi connectivity index (χ1n) is 10.6. The molecule has 0 saturated carbocycles. The lowest BCUT2D eigenvalue weighted by molar-refractivity contribution is 0.0741. The molecule has 0 heterocycles. The molecule has 0 aromatic heterocycles. The van der Waals surface area contributed by atoms with Gasteiger partial charge in [0.1, 0.15) is 11.5 Å². The molecule has 0 bridgehead atoms. The van der Waals surface area contributed by atoms with Gasteiger partial charge in [-0.25, -0.2) is 0 Å². The monoisotopic (exact) mass is 503 g/mol. The molecule has 3 rings (SSSR count). The van der Waals surface area contributed by atoms with Crippen LogP contribution in [-0.4, -0.2) is 45.8 Å². The maximum atomic E-state index is 13.7. The molecule has 180 valence electrons. The lowest BCUT2D eigenvalue weighted by Gasteiger charge is -2.25. The van der Waals surface area contributed by atoms with Gasteiger partial charge in [-0.3, -0.25) is 4.79 Å². The molecule has 0 unspecified atom stereocenters. The molecule has 0 N–H and O–H groups in total. The Labute approximate surface area is 209 Å². The van der Waals surface area contributed by atoms with Crippen LogP contribution in [0.1, 0.15) is 21.5 Å². The van der Waals surface area contributed by atoms with Gasteiger partial charge in [0.15, 0.2) is 11.5 Å². The molecule has 0 spiro atoms. The maximum absolute atomic E-state index is 13.7. The fourth-order valence-corrected chi connectivity index (χ4v) is 4.08. The number of carbonyl (C=O) groups is 1. The molecule has 34 heavy (non-hydrogen) atoms. The Morgan fingerprint density at radius 2 is 1.53 bits per heavy atom. The molecule has 8 heteroatoms. The van der Waals surface area contributed by atoms with Crippen molar-refractivity contribution in [1.82, 2.24) is 4.90 Å². The summed E-state index contributed by atoms with van der Waals surface area (Å²) in [7, 11) is 6.25. The van der Waals surface area contributed by atoms with E-state index in [0.717, 1.165) is 11.1 Å². The number of halogens is 2. The SMILES string of the molecule is COc1ccc(C(=O)N(CCc2ccc(Cl)cc2Cl)Cc2ccc(OC)c(OC)c2)c(OC)c1. The Morgan fingerprint density at radius 3 is 2.18 bits per heavy atom. The first-order valence-corrected chi connectivity index (χ1v) is 11.3. The van der Waals surface area contributed by atoms with Crippen LogP contribution in [0.3, 0.4) is 0 Å². The summed E-state index contributed by atoms with van der Waals surface area (Å²) in [5, 5.41) is 1.13. The number of rotatable bonds is 10. The lowest BCUT2D eigenvalue weighted by atomic mass is 10.1. The standard InChI is InChI=1S/C26H27Cl2NO5/c1-31-20-8-9-21(24(15-20)33-3)26(30)29(12-11-18-6-7-19(27)14-22(18)28)16-17-5-10-23(32-2)25(13-17)34-4/h5-10,13-15H,11-12,16H2,1-4H3. The van der Waals surface area contributed by atoms with Crippen LogP contribution in [0.2, 0.25) is 10.0 Å². The number of hydrogen-bond donors (Lipinski definition) is 0. The van der Waals surface area contributed by atoms with Gasteiger partial charge in [-0.15, -0.1) is 0 Å². The van der Waals surface area contributed by atoms with Crippen LogP contribution >= 0.6 is 23.2 Å². The number of amides is 1. The normalized spacial score (nSPS) is 10.5. The molecule has 0 aliphatic heterocycles. The largest absolute Gasteiger partial charge is 0.497 e. The van der Waals surface area contributed by atoms with E-state index >= 15 is 0 Å². The molecule has 6 nitrogen and oxygen atoms in total. The quantitative estimate of drug-likeness (QED) is 0.344. The number of methoxy groups -OCH3 is 4. The third kappa shape index (κ3) is 6.07. The first-order chi connectivity index (χ1) is 16.4. The summed E-state index contributed by atoms with van der Waals surface area (Å²) in [5.74, 6) is 2.07. The Morgan fingerprint density at radius 1 is 0.794 bits per heavy atom. The van der Waals surface area contributed by atoms with Gasteiger partial charge < -0.3 is 23.8 Å². The maximum Gasteiger partial charge on any atom is 0.257 e. The van der Waals surface area contributed by atoms with Crippen molar-refractivity contribution in [3.05, 3.63) is 81.3 Å². The van der Waals surface area contributed by atoms with E-state index < -0.39 is 0 Å². The second-order valence-corrected chi connectivity index (χ2v) is 8.31. The van der Waals surface area contributed by atoms with Crippen molar-refractivity contribution in [2.45, 2.75) is 13.0 Å². The van der Waals surface area contributed by atoms with Crippen LogP contribution in [0.15, 0.2) is 54.6 Å². The third-order valence-electron chi connectivity index (χ3n) is 5.41. The molecule has 0 aliphatic rings. The molecule has 0 radical (unpaired) electrons. The number of benzene rings is 3. The minimum atomic E-state index is -0.181. The molecule has 0 aliphatic carbocycles. The van der Waals surface area contributed by atoms with Crippen LogP contribution in [0, 0.1) is 0 Å². The highest BCUT2D eigenvalue weighted by molar-refractivity contribution is 6.35. The van der Waals surface area contributed by atoms with Crippen LogP contribution in [0.5, 0.6) is 23.0 Å². The summed E-state index contributed by atoms with van der Waals surface area (Å²) in [6.07, 6.45) is 0.549. The first kappa shape index (κ1) is 25.5. The highest BCUT2D eigenvalue weighted by atomic mass is 35.5. The predicted octanol–water partition coefficient (Wildman–Crippen LogP) is 5.91. The summed E-state index contributed by atoms with van der Waals surface area (Å²) in [6.45, 7) is 0.767. The second-order valence-electron chi connectivity index (χ2n) is 7.47. The molecule has 1 amide bonds. The van der Waals surface area contributed by atoms with Gasteiger partial charge >= 0.3 is 0 Å². The smallest absolute Gasteiger partial charge is 0.257 e. The van der Waals surface area contributed by atoms with Crippen molar-refractivity contribution in [2.75, 3.05) is 35.0 Å². The lowest BCUT2D eigenvalue weighted by Crippen LogP contribution is -2.33. The number of ether oxygens (including phenoxy) is 4. The second kappa shape index (κ2) is 11.9. The van der Waals surface area contributed by atoms with E-state index in [1.807, 2.05) is 24.3 Å². The van der Waals surface area contributed by atoms with Crippen LogP contribution in [-0.2, 0) is 13.0 Å². The van der Waals surface area contributed by atoms with E-state index in [1.54, 1.807) is 56.6 Å². The topological polar surface area (TPSA) is 57.2 Å². The van der Waals surface area contributed by atoms with Gasteiger partial charge in [0.2, 0.25) is 0 Å². The van der Waals surface area contributed by atoms with E-state index in [4.69, 9.17) is 42.1 Å². The summed E-state index contributed by atoms with van der Waals surface area (Å²) in [4.78, 5) is 15.4. The van der Waals surface area contributed by atoms with Crippen LogP contribution in [0.25, 0.3) is 0 Å². The summed E-state index contributed by atoms with van der Waals surface area (Å²) < 4.78 is 21.5. The fourth-order valence-electron chi connectivity index (χ4n) is 3.58. The Hall–Kier alpha value is -3.09. The number of nitrogens with zero attached hydrogens (tertiary/aromatic N) is 1. The highest BCUT2D eigenvalue weighted by Gasteiger charge is 2.21. The zero-order chi connectivity index (χ0) is 24.7. The minimum Gasteiger partial charge on any atom is -0.497 e. The Balaban J connectivity index is 1.93. The molecule has 0 fully saturated rings. The van der Waals surface area contributed by atoms with Crippen molar-refractivity contribution >= 4 is 29.1 Å². The summed E-state index contributed by atoms with van der Waals surface area (Å²) >= 11 is 12.4. The molecule has 0 saturated heterocycles. The number of carbonyl (C=O) groups excluding carboxylic acids is 1. The van der Waals surface area contributed by atoms with Crippen LogP contribution < -0.4 is 18.9 Å². The average Bonchev–Trinajstić information content (AvgIpc) is 2.86. The van der Waals surface area contributed by atoms with Crippen molar-refractivity contribution in [3.63, 3.8) is 0 Å². The van der Waals surface area contributed by atoms with E-state index in [1.165, 1.54) is 7.11 Å². The summed E-state index contributed by atoms with van der Waals surface area (Å²) in [5.41, 5.74) is 2.23.